The monoisotopic (exact) mass is 250 g/mol. The van der Waals surface area contributed by atoms with Crippen LogP contribution in [0.4, 0.5) is 11.6 Å². The molecule has 1 rings (SSSR count). The molecule has 0 bridgehead atoms. The second-order valence-corrected chi connectivity index (χ2v) is 4.50. The van der Waals surface area contributed by atoms with Gasteiger partial charge in [0.25, 0.3) is 0 Å². The number of hydrogen-bond donors (Lipinski definition) is 1. The van der Waals surface area contributed by atoms with E-state index in [2.05, 4.69) is 22.2 Å². The van der Waals surface area contributed by atoms with Gasteiger partial charge in [0.2, 0.25) is 0 Å². The Morgan fingerprint density at radius 1 is 1.44 bits per heavy atom. The molecular formula is C13H22N4O. The van der Waals surface area contributed by atoms with Gasteiger partial charge in [-0.1, -0.05) is 13.3 Å². The maximum absolute atomic E-state index is 11.1. The molecule has 0 saturated heterocycles. The van der Waals surface area contributed by atoms with Gasteiger partial charge in [0.05, 0.1) is 6.54 Å². The normalized spacial score (nSPS) is 10.2. The number of hydrogen-bond acceptors (Lipinski definition) is 5. The summed E-state index contributed by atoms with van der Waals surface area (Å²) in [5.41, 5.74) is 0. The van der Waals surface area contributed by atoms with Crippen molar-refractivity contribution in [2.75, 3.05) is 30.4 Å². The van der Waals surface area contributed by atoms with Crippen molar-refractivity contribution in [3.63, 3.8) is 0 Å². The average Bonchev–Trinajstić information content (AvgIpc) is 2.27. The topological polar surface area (TPSA) is 58.1 Å². The first-order chi connectivity index (χ1) is 8.52. The van der Waals surface area contributed by atoms with Gasteiger partial charge in [0.1, 0.15) is 23.2 Å². The Hall–Kier alpha value is -1.65. The van der Waals surface area contributed by atoms with Crippen molar-refractivity contribution in [1.29, 1.82) is 0 Å². The number of likely N-dealkylation sites (N-methyl/N-ethyl adjacent to an activating group) is 1. The van der Waals surface area contributed by atoms with Crippen LogP contribution < -0.4 is 10.2 Å². The first-order valence-electron chi connectivity index (χ1n) is 6.33. The van der Waals surface area contributed by atoms with Crippen molar-refractivity contribution >= 4 is 17.4 Å². The van der Waals surface area contributed by atoms with E-state index in [0.29, 0.717) is 12.4 Å². The summed E-state index contributed by atoms with van der Waals surface area (Å²) in [6.45, 7) is 6.85. The molecule has 1 aromatic heterocycles. The third-order valence-corrected chi connectivity index (χ3v) is 2.51. The fraction of sp³-hybridized carbons (Fsp3) is 0.615. The lowest BCUT2D eigenvalue weighted by atomic mass is 10.3. The van der Waals surface area contributed by atoms with Crippen LogP contribution in [0.25, 0.3) is 0 Å². The number of Topliss-reactive ketones (excluding diaryl/α,β-unsaturated/α-hetero) is 1. The fourth-order valence-corrected chi connectivity index (χ4v) is 1.65. The predicted octanol–water partition coefficient (Wildman–Crippen LogP) is 2.02. The summed E-state index contributed by atoms with van der Waals surface area (Å²) in [6, 6.07) is 1.88. The van der Waals surface area contributed by atoms with E-state index in [1.54, 1.807) is 6.92 Å². The van der Waals surface area contributed by atoms with Crippen LogP contribution in [0.5, 0.6) is 0 Å². The lowest BCUT2D eigenvalue weighted by molar-refractivity contribution is -0.115. The number of nitrogens with one attached hydrogen (secondary N) is 1. The molecule has 0 saturated carbocycles. The van der Waals surface area contributed by atoms with Gasteiger partial charge in [-0.3, -0.25) is 4.79 Å². The van der Waals surface area contributed by atoms with Crippen LogP contribution in [-0.2, 0) is 4.79 Å². The summed E-state index contributed by atoms with van der Waals surface area (Å²) in [7, 11) is 1.86. The molecule has 18 heavy (non-hydrogen) atoms. The fourth-order valence-electron chi connectivity index (χ4n) is 1.65. The summed E-state index contributed by atoms with van der Waals surface area (Å²) < 4.78 is 0. The first-order valence-corrected chi connectivity index (χ1v) is 6.33. The van der Waals surface area contributed by atoms with Crippen LogP contribution in [0, 0.1) is 6.92 Å². The van der Waals surface area contributed by atoms with E-state index in [1.165, 1.54) is 0 Å². The minimum Gasteiger partial charge on any atom is -0.370 e. The number of aromatic nitrogens is 2. The lowest BCUT2D eigenvalue weighted by Crippen LogP contribution is -2.25. The zero-order valence-corrected chi connectivity index (χ0v) is 11.7. The molecule has 100 valence electrons. The molecule has 0 fully saturated rings. The number of carbonyl (C=O) groups excluding carboxylic acids is 1. The van der Waals surface area contributed by atoms with Gasteiger partial charge in [-0.2, -0.15) is 0 Å². The van der Waals surface area contributed by atoms with Gasteiger partial charge in [0, 0.05) is 19.7 Å². The molecule has 5 nitrogen and oxygen atoms in total. The SMILES string of the molecule is CCCCNc1cc(N(C)CC(C)=O)nc(C)n1. The largest absolute Gasteiger partial charge is 0.370 e. The molecule has 0 radical (unpaired) electrons. The minimum absolute atomic E-state index is 0.120. The summed E-state index contributed by atoms with van der Waals surface area (Å²) in [5, 5.41) is 3.27. The Kier molecular flexibility index (Phi) is 5.55. The predicted molar refractivity (Wildman–Crippen MR) is 74.1 cm³/mol. The van der Waals surface area contributed by atoms with Crippen LogP contribution in [-0.4, -0.2) is 35.9 Å². The molecule has 0 amide bonds. The Bertz CT molecular complexity index is 406. The summed E-state index contributed by atoms with van der Waals surface area (Å²) in [4.78, 5) is 21.6. The molecule has 0 aliphatic heterocycles. The Labute approximate surface area is 109 Å². The molecule has 0 spiro atoms. The quantitative estimate of drug-likeness (QED) is 0.750. The van der Waals surface area contributed by atoms with Crippen molar-refractivity contribution in [2.45, 2.75) is 33.6 Å². The van der Waals surface area contributed by atoms with Crippen LogP contribution in [0.2, 0.25) is 0 Å². The number of anilines is 2. The molecule has 5 heteroatoms. The Morgan fingerprint density at radius 2 is 2.17 bits per heavy atom. The first kappa shape index (κ1) is 14.4. The van der Waals surface area contributed by atoms with Gasteiger partial charge in [-0.15, -0.1) is 0 Å². The summed E-state index contributed by atoms with van der Waals surface area (Å²) in [6.07, 6.45) is 2.26. The van der Waals surface area contributed by atoms with E-state index in [4.69, 9.17) is 0 Å². The second-order valence-electron chi connectivity index (χ2n) is 4.50. The Morgan fingerprint density at radius 3 is 2.78 bits per heavy atom. The van der Waals surface area contributed by atoms with E-state index < -0.39 is 0 Å². The number of aryl methyl sites for hydroxylation is 1. The maximum Gasteiger partial charge on any atom is 0.149 e. The molecule has 1 heterocycles. The highest BCUT2D eigenvalue weighted by atomic mass is 16.1. The van der Waals surface area contributed by atoms with Crippen molar-refractivity contribution in [3.05, 3.63) is 11.9 Å². The molecule has 0 atom stereocenters. The third kappa shape index (κ3) is 4.69. The van der Waals surface area contributed by atoms with Gasteiger partial charge in [-0.05, 0) is 20.3 Å². The third-order valence-electron chi connectivity index (χ3n) is 2.51. The molecule has 0 unspecified atom stereocenters. The number of ketones is 1. The van der Waals surface area contributed by atoms with Crippen LogP contribution in [0.15, 0.2) is 6.07 Å². The summed E-state index contributed by atoms with van der Waals surface area (Å²) >= 11 is 0. The zero-order chi connectivity index (χ0) is 13.5. The number of carbonyl (C=O) groups is 1. The number of unbranched alkanes of at least 4 members (excludes halogenated alkanes) is 1. The van der Waals surface area contributed by atoms with Crippen molar-refractivity contribution in [2.24, 2.45) is 0 Å². The van der Waals surface area contributed by atoms with Gasteiger partial charge >= 0.3 is 0 Å². The highest BCUT2D eigenvalue weighted by Crippen LogP contribution is 2.14. The number of rotatable bonds is 7. The van der Waals surface area contributed by atoms with Gasteiger partial charge in [-0.25, -0.2) is 9.97 Å². The highest BCUT2D eigenvalue weighted by Gasteiger charge is 2.08. The van der Waals surface area contributed by atoms with Crippen LogP contribution in [0.3, 0.4) is 0 Å². The Balaban J connectivity index is 2.76. The lowest BCUT2D eigenvalue weighted by Gasteiger charge is -2.17. The molecule has 0 aliphatic carbocycles. The second kappa shape index (κ2) is 6.93. The minimum atomic E-state index is 0.120. The van der Waals surface area contributed by atoms with E-state index in [0.717, 1.165) is 31.0 Å². The zero-order valence-electron chi connectivity index (χ0n) is 11.7. The van der Waals surface area contributed by atoms with Gasteiger partial charge in [0.15, 0.2) is 0 Å². The maximum atomic E-state index is 11.1. The van der Waals surface area contributed by atoms with Crippen LogP contribution >= 0.6 is 0 Å². The summed E-state index contributed by atoms with van der Waals surface area (Å²) in [5.74, 6) is 2.43. The van der Waals surface area contributed by atoms with Crippen molar-refractivity contribution in [3.8, 4) is 0 Å². The van der Waals surface area contributed by atoms with E-state index in [-0.39, 0.29) is 5.78 Å². The molecule has 1 aromatic rings. The van der Waals surface area contributed by atoms with E-state index in [9.17, 15) is 4.79 Å². The molecule has 1 N–H and O–H groups in total. The molecule has 0 aliphatic rings. The van der Waals surface area contributed by atoms with E-state index >= 15 is 0 Å². The van der Waals surface area contributed by atoms with Crippen molar-refractivity contribution < 1.29 is 4.79 Å². The molecule has 0 aromatic carbocycles. The molecular weight excluding hydrogens is 228 g/mol. The average molecular weight is 250 g/mol. The smallest absolute Gasteiger partial charge is 0.149 e. The number of nitrogens with zero attached hydrogens (tertiary/aromatic N) is 3. The standard InChI is InChI=1S/C13H22N4O/c1-5-6-7-14-12-8-13(16-11(3)15-12)17(4)9-10(2)18/h8H,5-7,9H2,1-4H3,(H,14,15,16). The van der Waals surface area contributed by atoms with Crippen molar-refractivity contribution in [1.82, 2.24) is 9.97 Å². The van der Waals surface area contributed by atoms with Gasteiger partial charge < -0.3 is 10.2 Å². The van der Waals surface area contributed by atoms with Crippen LogP contribution in [0.1, 0.15) is 32.5 Å². The van der Waals surface area contributed by atoms with E-state index in [1.807, 2.05) is 24.9 Å². The highest BCUT2D eigenvalue weighted by molar-refractivity contribution is 5.80.